The van der Waals surface area contributed by atoms with Gasteiger partial charge in [-0.15, -0.1) is 0 Å². The van der Waals surface area contributed by atoms with Crippen molar-refractivity contribution in [1.29, 1.82) is 5.41 Å². The fraction of sp³-hybridized carbons (Fsp3) is 0. The van der Waals surface area contributed by atoms with Gasteiger partial charge in [0.1, 0.15) is 0 Å². The molecule has 0 aliphatic carbocycles. The van der Waals surface area contributed by atoms with Crippen LogP contribution >= 0.6 is 11.8 Å². The molecule has 1 radical (unpaired) electrons. The first-order chi connectivity index (χ1) is 3.70. The second kappa shape index (κ2) is 2.01. The number of aliphatic imine (C=N–C) groups is 1. The van der Waals surface area contributed by atoms with Gasteiger partial charge in [-0.1, -0.05) is 0 Å². The molecule has 0 aromatic rings. The van der Waals surface area contributed by atoms with E-state index in [1.165, 1.54) is 0 Å². The topological polar surface area (TPSA) is 53.3 Å². The Kier molecular flexibility index (Phi) is 1.51. The van der Waals surface area contributed by atoms with Gasteiger partial charge in [0.2, 0.25) is 0 Å². The van der Waals surface area contributed by atoms with Gasteiger partial charge in [0, 0.05) is 0 Å². The van der Waals surface area contributed by atoms with Crippen LogP contribution in [0.15, 0.2) is 4.99 Å². The van der Waals surface area contributed by atoms with E-state index in [-0.39, 0.29) is 5.04 Å². The number of amides is 1. The van der Waals surface area contributed by atoms with E-state index in [1.807, 2.05) is 0 Å². The molecule has 1 N–H and O–H groups in total. The zero-order valence-electron chi connectivity index (χ0n) is 3.67. The number of carbonyl (C=O) groups is 1. The van der Waals surface area contributed by atoms with Crippen LogP contribution < -0.4 is 0 Å². The molecule has 1 aliphatic heterocycles. The monoisotopic (exact) mass is 193 g/mol. The molecule has 0 spiro atoms. The standard InChI is InChI=1S/C3HN2OSSe/c4-1-2(6)5-3(8)7-1/h4H. The number of rotatable bonds is 0. The summed E-state index contributed by atoms with van der Waals surface area (Å²) in [6.07, 6.45) is 0. The third kappa shape index (κ3) is 0.992. The molecule has 1 rings (SSSR count). The summed E-state index contributed by atoms with van der Waals surface area (Å²) in [6, 6.07) is 0. The van der Waals surface area contributed by atoms with E-state index in [9.17, 15) is 4.79 Å². The molecule has 0 aromatic carbocycles. The fourth-order valence-corrected chi connectivity index (χ4v) is 1.42. The first-order valence-corrected chi connectivity index (χ1v) is 3.44. The van der Waals surface area contributed by atoms with Crippen LogP contribution in [0.5, 0.6) is 0 Å². The number of nitrogens with zero attached hydrogens (tertiary/aromatic N) is 1. The van der Waals surface area contributed by atoms with E-state index in [0.717, 1.165) is 11.8 Å². The maximum absolute atomic E-state index is 10.3. The molecule has 0 aromatic heterocycles. The molecule has 1 heterocycles. The summed E-state index contributed by atoms with van der Waals surface area (Å²) < 4.78 is 0.542. The Morgan fingerprint density at radius 1 is 1.75 bits per heavy atom. The molecule has 0 saturated heterocycles. The summed E-state index contributed by atoms with van der Waals surface area (Å²) in [5, 5.41) is 6.86. The van der Waals surface area contributed by atoms with Gasteiger partial charge >= 0.3 is 57.9 Å². The molecule has 0 saturated carbocycles. The Morgan fingerprint density at radius 3 is 2.50 bits per heavy atom. The zero-order chi connectivity index (χ0) is 6.15. The maximum atomic E-state index is 10.3. The average molecular weight is 192 g/mol. The van der Waals surface area contributed by atoms with Gasteiger partial charge in [0.05, 0.1) is 0 Å². The van der Waals surface area contributed by atoms with Crippen LogP contribution in [0, 0.1) is 5.41 Å². The second-order valence-corrected chi connectivity index (χ2v) is 3.51. The van der Waals surface area contributed by atoms with Gasteiger partial charge in [-0.3, -0.25) is 0 Å². The summed E-state index contributed by atoms with van der Waals surface area (Å²) in [5.41, 5.74) is 0. The summed E-state index contributed by atoms with van der Waals surface area (Å²) in [4.78, 5) is 13.8. The van der Waals surface area contributed by atoms with Gasteiger partial charge in [-0.2, -0.15) is 0 Å². The Balaban J connectivity index is 2.85. The molecule has 0 unspecified atom stereocenters. The Bertz CT molecular complexity index is 188. The van der Waals surface area contributed by atoms with Crippen LogP contribution in [0.3, 0.4) is 0 Å². The Morgan fingerprint density at radius 2 is 2.38 bits per heavy atom. The van der Waals surface area contributed by atoms with E-state index in [0.29, 0.717) is 3.94 Å². The molecular weight excluding hydrogens is 191 g/mol. The van der Waals surface area contributed by atoms with Crippen molar-refractivity contribution in [2.45, 2.75) is 0 Å². The van der Waals surface area contributed by atoms with Gasteiger partial charge in [0.25, 0.3) is 0 Å². The van der Waals surface area contributed by atoms with E-state index in [4.69, 9.17) is 5.41 Å². The fourth-order valence-electron chi connectivity index (χ4n) is 0.287. The second-order valence-electron chi connectivity index (χ2n) is 1.11. The van der Waals surface area contributed by atoms with Crippen molar-refractivity contribution in [2.75, 3.05) is 0 Å². The average Bonchev–Trinajstić information content (AvgIpc) is 1.85. The third-order valence-electron chi connectivity index (χ3n) is 0.576. The Labute approximate surface area is 58.3 Å². The van der Waals surface area contributed by atoms with Crippen LogP contribution in [0.4, 0.5) is 0 Å². The van der Waals surface area contributed by atoms with Crippen LogP contribution in [0.25, 0.3) is 0 Å². The van der Waals surface area contributed by atoms with Gasteiger partial charge in [-0.05, 0) is 0 Å². The SMILES string of the molecule is N=C1SC([Se])=NC1=O. The van der Waals surface area contributed by atoms with Crippen molar-refractivity contribution in [2.24, 2.45) is 4.99 Å². The van der Waals surface area contributed by atoms with Crippen molar-refractivity contribution >= 4 is 42.7 Å². The van der Waals surface area contributed by atoms with E-state index in [1.54, 1.807) is 0 Å². The first kappa shape index (κ1) is 6.01. The van der Waals surface area contributed by atoms with E-state index >= 15 is 0 Å². The van der Waals surface area contributed by atoms with Crippen LogP contribution in [-0.2, 0) is 4.79 Å². The molecule has 41 valence electrons. The predicted octanol–water partition coefficient (Wildman–Crippen LogP) is -0.238. The van der Waals surface area contributed by atoms with Crippen LogP contribution in [0.1, 0.15) is 0 Å². The van der Waals surface area contributed by atoms with E-state index in [2.05, 4.69) is 21.0 Å². The Hall–Kier alpha value is -0.121. The number of hydrogen-bond acceptors (Lipinski definition) is 3. The van der Waals surface area contributed by atoms with Crippen LogP contribution in [0.2, 0.25) is 0 Å². The first-order valence-electron chi connectivity index (χ1n) is 1.76. The van der Waals surface area contributed by atoms with Crippen molar-refractivity contribution < 1.29 is 4.79 Å². The molecule has 0 bridgehead atoms. The van der Waals surface area contributed by atoms with Crippen molar-refractivity contribution in [1.82, 2.24) is 0 Å². The van der Waals surface area contributed by atoms with Crippen LogP contribution in [-0.4, -0.2) is 30.9 Å². The summed E-state index contributed by atoms with van der Waals surface area (Å²) >= 11 is 3.61. The normalized spacial score (nSPS) is 19.2. The molecule has 1 amide bonds. The third-order valence-corrected chi connectivity index (χ3v) is 1.94. The predicted molar refractivity (Wildman–Crippen MR) is 33.5 cm³/mol. The molecule has 0 fully saturated rings. The molecule has 3 nitrogen and oxygen atoms in total. The minimum atomic E-state index is -0.441. The molecule has 8 heavy (non-hydrogen) atoms. The van der Waals surface area contributed by atoms with Gasteiger partial charge in [-0.25, -0.2) is 0 Å². The molecular formula is C3HN2OSSe. The van der Waals surface area contributed by atoms with Crippen molar-refractivity contribution in [3.05, 3.63) is 0 Å². The minimum absolute atomic E-state index is 0.00116. The molecule has 5 heteroatoms. The number of nitrogens with one attached hydrogen (secondary N) is 1. The van der Waals surface area contributed by atoms with Gasteiger partial charge in [0.15, 0.2) is 0 Å². The van der Waals surface area contributed by atoms with Crippen molar-refractivity contribution in [3.8, 4) is 0 Å². The summed E-state index contributed by atoms with van der Waals surface area (Å²) in [5.74, 6) is -0.441. The van der Waals surface area contributed by atoms with Gasteiger partial charge < -0.3 is 0 Å². The quantitative estimate of drug-likeness (QED) is 0.538. The number of thioether (sulfide) groups is 1. The zero-order valence-corrected chi connectivity index (χ0v) is 6.20. The summed E-state index contributed by atoms with van der Waals surface area (Å²) in [7, 11) is 0. The molecule has 0 atom stereocenters. The van der Waals surface area contributed by atoms with E-state index < -0.39 is 5.91 Å². The summed E-state index contributed by atoms with van der Waals surface area (Å²) in [6.45, 7) is 0. The number of hydrogen-bond donors (Lipinski definition) is 1. The van der Waals surface area contributed by atoms with Crippen molar-refractivity contribution in [3.63, 3.8) is 0 Å². The number of carbonyl (C=O) groups excluding carboxylic acids is 1. The molecule has 1 aliphatic rings.